The lowest BCUT2D eigenvalue weighted by Gasteiger charge is -1.99. The minimum atomic E-state index is -3.24. The van der Waals surface area contributed by atoms with E-state index in [1.54, 1.807) is 18.2 Å². The van der Waals surface area contributed by atoms with Gasteiger partial charge in [-0.15, -0.1) is 0 Å². The summed E-state index contributed by atoms with van der Waals surface area (Å²) in [6, 6.07) is 6.94. The Morgan fingerprint density at radius 2 is 1.76 bits per heavy atom. The Labute approximate surface area is 104 Å². The van der Waals surface area contributed by atoms with E-state index in [0.717, 1.165) is 31.2 Å². The fraction of sp³-hybridized carbons (Fsp3) is 0.429. The number of allylic oxidation sites excluding steroid dienone is 1. The highest BCUT2D eigenvalue weighted by atomic mass is 32.2. The third-order valence-corrected chi connectivity index (χ3v) is 4.08. The van der Waals surface area contributed by atoms with Crippen LogP contribution in [0.4, 0.5) is 0 Å². The molecule has 0 aliphatic carbocycles. The summed E-state index contributed by atoms with van der Waals surface area (Å²) < 4.78 is 23.8. The molecule has 2 nitrogen and oxygen atoms in total. The summed E-state index contributed by atoms with van der Waals surface area (Å²) in [5.74, 6) is 0. The molecule has 1 aromatic carbocycles. The average molecular weight is 252 g/mol. The van der Waals surface area contributed by atoms with Gasteiger partial charge in [-0.25, -0.2) is 8.42 Å². The molecule has 3 heteroatoms. The van der Waals surface area contributed by atoms with Crippen molar-refractivity contribution in [3.8, 4) is 0 Å². The third-order valence-electron chi connectivity index (χ3n) is 2.60. The lowest BCUT2D eigenvalue weighted by Crippen LogP contribution is -1.95. The van der Waals surface area contributed by atoms with E-state index in [1.807, 2.05) is 19.1 Å². The van der Waals surface area contributed by atoms with Gasteiger partial charge in [-0.3, -0.25) is 0 Å². The molecule has 94 valence electrons. The number of benzene rings is 1. The first kappa shape index (κ1) is 14.0. The molecule has 0 N–H and O–H groups in total. The van der Waals surface area contributed by atoms with Crippen LogP contribution in [0.2, 0.25) is 0 Å². The Morgan fingerprint density at radius 3 is 2.35 bits per heavy atom. The molecule has 0 fully saturated rings. The molecule has 0 heterocycles. The molecule has 0 spiro atoms. The number of rotatable bonds is 6. The molecule has 0 amide bonds. The molecule has 0 aromatic heterocycles. The van der Waals surface area contributed by atoms with Crippen molar-refractivity contribution < 1.29 is 8.42 Å². The molecule has 1 rings (SSSR count). The SMILES string of the molecule is CCCCC/C=C/S(=O)(=O)c1ccc(C)cc1. The van der Waals surface area contributed by atoms with Crippen LogP contribution in [0.5, 0.6) is 0 Å². The zero-order valence-corrected chi connectivity index (χ0v) is 11.3. The van der Waals surface area contributed by atoms with Crippen molar-refractivity contribution in [1.29, 1.82) is 0 Å². The number of hydrogen-bond acceptors (Lipinski definition) is 2. The minimum absolute atomic E-state index is 0.370. The number of aryl methyl sites for hydroxylation is 1. The van der Waals surface area contributed by atoms with E-state index in [0.29, 0.717) is 4.90 Å². The van der Waals surface area contributed by atoms with Crippen molar-refractivity contribution in [2.45, 2.75) is 44.4 Å². The maximum absolute atomic E-state index is 11.9. The molecule has 0 radical (unpaired) electrons. The highest BCUT2D eigenvalue weighted by molar-refractivity contribution is 7.94. The highest BCUT2D eigenvalue weighted by Crippen LogP contribution is 2.13. The molecule has 0 atom stereocenters. The van der Waals surface area contributed by atoms with Gasteiger partial charge in [0.15, 0.2) is 9.84 Å². The summed E-state index contributed by atoms with van der Waals surface area (Å²) in [4.78, 5) is 0.370. The van der Waals surface area contributed by atoms with Gasteiger partial charge in [0.05, 0.1) is 4.90 Å². The van der Waals surface area contributed by atoms with Gasteiger partial charge in [-0.05, 0) is 31.9 Å². The van der Waals surface area contributed by atoms with Crippen LogP contribution < -0.4 is 0 Å². The van der Waals surface area contributed by atoms with Crippen LogP contribution in [0.15, 0.2) is 40.6 Å². The molecule has 0 aliphatic rings. The van der Waals surface area contributed by atoms with Crippen LogP contribution in [0.25, 0.3) is 0 Å². The lowest BCUT2D eigenvalue weighted by molar-refractivity contribution is 0.604. The molecule has 0 aliphatic heterocycles. The molecule has 0 saturated carbocycles. The predicted octanol–water partition coefficient (Wildman–Crippen LogP) is 3.86. The molecule has 17 heavy (non-hydrogen) atoms. The first-order valence-electron chi connectivity index (χ1n) is 6.04. The topological polar surface area (TPSA) is 34.1 Å². The highest BCUT2D eigenvalue weighted by Gasteiger charge is 2.08. The van der Waals surface area contributed by atoms with E-state index in [9.17, 15) is 8.42 Å². The van der Waals surface area contributed by atoms with Crippen molar-refractivity contribution >= 4 is 9.84 Å². The molecule has 0 bridgehead atoms. The van der Waals surface area contributed by atoms with Gasteiger partial charge < -0.3 is 0 Å². The monoisotopic (exact) mass is 252 g/mol. The van der Waals surface area contributed by atoms with E-state index >= 15 is 0 Å². The Hall–Kier alpha value is -1.09. The maximum Gasteiger partial charge on any atom is 0.199 e. The summed E-state index contributed by atoms with van der Waals surface area (Å²) in [6.45, 7) is 4.07. The molecule has 0 unspecified atom stereocenters. The Kier molecular flexibility index (Phi) is 5.42. The summed E-state index contributed by atoms with van der Waals surface area (Å²) in [5.41, 5.74) is 1.07. The Bertz CT molecular complexity index is 456. The molecular weight excluding hydrogens is 232 g/mol. The quantitative estimate of drug-likeness (QED) is 0.720. The first-order chi connectivity index (χ1) is 8.06. The van der Waals surface area contributed by atoms with Gasteiger partial charge in [-0.2, -0.15) is 0 Å². The molecule has 1 aromatic rings. The number of unbranched alkanes of at least 4 members (excludes halogenated alkanes) is 3. The van der Waals surface area contributed by atoms with Crippen molar-refractivity contribution in [3.05, 3.63) is 41.3 Å². The van der Waals surface area contributed by atoms with Gasteiger partial charge in [0.2, 0.25) is 0 Å². The maximum atomic E-state index is 11.9. The van der Waals surface area contributed by atoms with Crippen molar-refractivity contribution in [3.63, 3.8) is 0 Å². The smallest absolute Gasteiger partial charge is 0.199 e. The van der Waals surface area contributed by atoms with Crippen LogP contribution in [0.1, 0.15) is 38.2 Å². The zero-order chi connectivity index (χ0) is 12.7. The van der Waals surface area contributed by atoms with Gasteiger partial charge in [0.1, 0.15) is 0 Å². The largest absolute Gasteiger partial charge is 0.219 e. The van der Waals surface area contributed by atoms with Gasteiger partial charge in [-0.1, -0.05) is 43.5 Å². The second kappa shape index (κ2) is 6.60. The standard InChI is InChI=1S/C14H20O2S/c1-3-4-5-6-7-12-17(15,16)14-10-8-13(2)9-11-14/h7-12H,3-6H2,1-2H3/b12-7+. The third kappa shape index (κ3) is 4.73. The van der Waals surface area contributed by atoms with Gasteiger partial charge in [0.25, 0.3) is 0 Å². The number of hydrogen-bond donors (Lipinski definition) is 0. The first-order valence-corrected chi connectivity index (χ1v) is 7.59. The van der Waals surface area contributed by atoms with E-state index in [1.165, 1.54) is 5.41 Å². The summed E-state index contributed by atoms with van der Waals surface area (Å²) in [5, 5.41) is 1.33. The second-order valence-electron chi connectivity index (χ2n) is 4.23. The Morgan fingerprint density at radius 1 is 1.12 bits per heavy atom. The lowest BCUT2D eigenvalue weighted by atomic mass is 10.2. The van der Waals surface area contributed by atoms with Crippen LogP contribution in [0.3, 0.4) is 0 Å². The van der Waals surface area contributed by atoms with Crippen molar-refractivity contribution in [2.24, 2.45) is 0 Å². The van der Waals surface area contributed by atoms with Crippen LogP contribution in [-0.2, 0) is 9.84 Å². The summed E-state index contributed by atoms with van der Waals surface area (Å²) >= 11 is 0. The van der Waals surface area contributed by atoms with E-state index < -0.39 is 9.84 Å². The van der Waals surface area contributed by atoms with Crippen molar-refractivity contribution in [2.75, 3.05) is 0 Å². The van der Waals surface area contributed by atoms with Crippen molar-refractivity contribution in [1.82, 2.24) is 0 Å². The van der Waals surface area contributed by atoms with Crippen LogP contribution >= 0.6 is 0 Å². The van der Waals surface area contributed by atoms with Crippen LogP contribution in [0, 0.1) is 6.92 Å². The van der Waals surface area contributed by atoms with E-state index in [4.69, 9.17) is 0 Å². The fourth-order valence-corrected chi connectivity index (χ4v) is 2.58. The minimum Gasteiger partial charge on any atom is -0.219 e. The fourth-order valence-electron chi connectivity index (χ4n) is 1.51. The molecular formula is C14H20O2S. The van der Waals surface area contributed by atoms with Gasteiger partial charge >= 0.3 is 0 Å². The summed E-state index contributed by atoms with van der Waals surface area (Å²) in [6.07, 6.45) is 5.94. The average Bonchev–Trinajstić information content (AvgIpc) is 2.29. The van der Waals surface area contributed by atoms with E-state index in [-0.39, 0.29) is 0 Å². The normalized spacial score (nSPS) is 12.1. The molecule has 0 saturated heterocycles. The van der Waals surface area contributed by atoms with Gasteiger partial charge in [0, 0.05) is 5.41 Å². The second-order valence-corrected chi connectivity index (χ2v) is 6.06. The predicted molar refractivity (Wildman–Crippen MR) is 71.6 cm³/mol. The zero-order valence-electron chi connectivity index (χ0n) is 10.5. The van der Waals surface area contributed by atoms with E-state index in [2.05, 4.69) is 6.92 Å². The summed E-state index contributed by atoms with van der Waals surface area (Å²) in [7, 11) is -3.24. The number of sulfone groups is 1. The Balaban J connectivity index is 2.65. The van der Waals surface area contributed by atoms with Crippen LogP contribution in [-0.4, -0.2) is 8.42 Å².